The summed E-state index contributed by atoms with van der Waals surface area (Å²) in [6.07, 6.45) is 0.640. The number of aliphatic carboxylic acids is 1. The third-order valence-electron chi connectivity index (χ3n) is 5.26. The Kier molecular flexibility index (Phi) is 8.90. The number of imide groups is 1. The normalized spacial score (nSPS) is 16.6. The first-order valence-electron chi connectivity index (χ1n) is 10.5. The second-order valence-corrected chi connectivity index (χ2v) is 11.0. The van der Waals surface area contributed by atoms with Gasteiger partial charge in [-0.3, -0.25) is 34.0 Å². The number of carboxylic acid groups (broad SMARTS) is 1. The van der Waals surface area contributed by atoms with E-state index in [1.54, 1.807) is 24.3 Å². The third-order valence-corrected chi connectivity index (χ3v) is 7.36. The first kappa shape index (κ1) is 26.2. The zero-order chi connectivity index (χ0) is 24.8. The van der Waals surface area contributed by atoms with Crippen molar-refractivity contribution >= 4 is 36.9 Å². The summed E-state index contributed by atoms with van der Waals surface area (Å²) in [7, 11) is -2.96. The fraction of sp³-hybridized carbons (Fsp3) is 0.476. The van der Waals surface area contributed by atoms with Crippen LogP contribution in [0.2, 0.25) is 0 Å². The number of primary amides is 1. The average molecular weight is 480 g/mol. The molecule has 4 amide bonds. The van der Waals surface area contributed by atoms with Crippen LogP contribution in [0.3, 0.4) is 0 Å². The van der Waals surface area contributed by atoms with Crippen LogP contribution in [0.1, 0.15) is 53.3 Å². The summed E-state index contributed by atoms with van der Waals surface area (Å²) < 4.78 is 12.9. The number of carbonyl (C=O) groups excluding carboxylic acids is 4. The maximum absolute atomic E-state index is 12.9. The van der Waals surface area contributed by atoms with Gasteiger partial charge in [-0.1, -0.05) is 12.1 Å². The number of unbranched alkanes of at least 4 members (excludes halogenated alkanes) is 1. The summed E-state index contributed by atoms with van der Waals surface area (Å²) >= 11 is 0. The Balaban J connectivity index is 1.80. The number of rotatable bonds is 13. The molecule has 0 spiro atoms. The molecule has 2 rings (SSSR count). The van der Waals surface area contributed by atoms with Gasteiger partial charge in [0.15, 0.2) is 0 Å². The first-order chi connectivity index (χ1) is 15.4. The molecule has 0 saturated carbocycles. The summed E-state index contributed by atoms with van der Waals surface area (Å²) in [5, 5.41) is 13.9. The Hall–Kier alpha value is -3.04. The molecule has 12 heteroatoms. The van der Waals surface area contributed by atoms with Crippen molar-refractivity contribution in [3.63, 3.8) is 0 Å². The predicted octanol–water partition coefficient (Wildman–Crippen LogP) is 0.784. The highest BCUT2D eigenvalue weighted by atomic mass is 31.2. The van der Waals surface area contributed by atoms with E-state index in [1.165, 1.54) is 18.5 Å². The molecule has 1 unspecified atom stereocenters. The van der Waals surface area contributed by atoms with E-state index in [2.05, 4.69) is 10.4 Å². The first-order valence-corrected chi connectivity index (χ1v) is 12.9. The maximum Gasteiger partial charge on any atom is 0.303 e. The van der Waals surface area contributed by atoms with E-state index in [-0.39, 0.29) is 37.4 Å². The van der Waals surface area contributed by atoms with Crippen molar-refractivity contribution in [3.05, 3.63) is 35.4 Å². The molecule has 0 saturated heterocycles. The number of benzene rings is 1. The van der Waals surface area contributed by atoms with E-state index in [4.69, 9.17) is 10.8 Å². The molecule has 3 atom stereocenters. The van der Waals surface area contributed by atoms with Gasteiger partial charge in [-0.25, -0.2) is 0 Å². The lowest BCUT2D eigenvalue weighted by molar-refractivity contribution is -0.137. The van der Waals surface area contributed by atoms with Gasteiger partial charge in [0.1, 0.15) is 13.3 Å². The Morgan fingerprint density at radius 1 is 1.12 bits per heavy atom. The quantitative estimate of drug-likeness (QED) is 0.182. The number of hydrogen-bond acceptors (Lipinski definition) is 6. The smallest absolute Gasteiger partial charge is 0.303 e. The summed E-state index contributed by atoms with van der Waals surface area (Å²) in [6, 6.07) is 4.55. The molecular formula is C21H29N4O7P. The number of nitrogens with zero attached hydrogens (tertiary/aromatic N) is 1. The van der Waals surface area contributed by atoms with Crippen molar-refractivity contribution < 1.29 is 33.6 Å². The number of hydrogen-bond donors (Lipinski definition) is 4. The fourth-order valence-corrected chi connectivity index (χ4v) is 5.40. The molecule has 180 valence electrons. The molecule has 0 bridgehead atoms. The van der Waals surface area contributed by atoms with Crippen molar-refractivity contribution in [3.8, 4) is 0 Å². The van der Waals surface area contributed by atoms with Crippen LogP contribution in [0.15, 0.2) is 24.3 Å². The number of amides is 4. The van der Waals surface area contributed by atoms with Gasteiger partial charge in [-0.05, 0) is 38.3 Å². The lowest BCUT2D eigenvalue weighted by Gasteiger charge is -2.22. The van der Waals surface area contributed by atoms with Crippen LogP contribution in [0.4, 0.5) is 0 Å². The molecule has 1 aliphatic heterocycles. The van der Waals surface area contributed by atoms with E-state index in [1.807, 2.05) is 0 Å². The molecule has 0 fully saturated rings. The molecule has 0 aliphatic carbocycles. The summed E-state index contributed by atoms with van der Waals surface area (Å²) in [5.74, 6) is -3.29. The van der Waals surface area contributed by atoms with Crippen molar-refractivity contribution in [2.45, 2.75) is 44.7 Å². The van der Waals surface area contributed by atoms with Crippen LogP contribution in [0.5, 0.6) is 0 Å². The zero-order valence-corrected chi connectivity index (χ0v) is 19.5. The molecule has 1 heterocycles. The van der Waals surface area contributed by atoms with Gasteiger partial charge >= 0.3 is 5.97 Å². The third kappa shape index (κ3) is 7.23. The maximum atomic E-state index is 12.9. The zero-order valence-electron chi connectivity index (χ0n) is 18.6. The number of carboxylic acids is 1. The molecule has 0 radical (unpaired) electrons. The second-order valence-electron chi connectivity index (χ2n) is 8.09. The number of carbonyl (C=O) groups is 5. The van der Waals surface area contributed by atoms with Crippen LogP contribution in [-0.4, -0.2) is 71.1 Å². The van der Waals surface area contributed by atoms with Gasteiger partial charge in [0.2, 0.25) is 11.8 Å². The highest BCUT2D eigenvalue weighted by Gasteiger charge is 2.34. The Bertz CT molecular complexity index is 962. The molecular weight excluding hydrogens is 451 g/mol. The lowest BCUT2D eigenvalue weighted by atomic mass is 10.1. The number of nitrogens with one attached hydrogen (secondary N) is 2. The van der Waals surface area contributed by atoms with Crippen molar-refractivity contribution in [2.75, 3.05) is 19.4 Å². The average Bonchev–Trinajstić information content (AvgIpc) is 2.98. The van der Waals surface area contributed by atoms with Crippen LogP contribution in [-0.2, 0) is 18.9 Å². The Morgan fingerprint density at radius 2 is 1.70 bits per heavy atom. The van der Waals surface area contributed by atoms with Gasteiger partial charge in [0, 0.05) is 25.8 Å². The van der Waals surface area contributed by atoms with E-state index in [9.17, 15) is 28.5 Å². The van der Waals surface area contributed by atoms with Crippen molar-refractivity contribution in [1.29, 1.82) is 0 Å². The van der Waals surface area contributed by atoms with Gasteiger partial charge in [-0.15, -0.1) is 0 Å². The Morgan fingerprint density at radius 3 is 2.21 bits per heavy atom. The molecule has 5 N–H and O–H groups in total. The van der Waals surface area contributed by atoms with Crippen molar-refractivity contribution in [2.24, 2.45) is 5.73 Å². The van der Waals surface area contributed by atoms with Gasteiger partial charge in [0.25, 0.3) is 11.8 Å². The SMILES string of the molecule is C[C@H](NP(C)(=O)CCCCN1C(=O)c2ccccc2C1=O)C(=O)N[C@H](CCC(=O)O)C(N)=O. The predicted molar refractivity (Wildman–Crippen MR) is 120 cm³/mol. The second kappa shape index (κ2) is 11.2. The largest absolute Gasteiger partial charge is 0.481 e. The van der Waals surface area contributed by atoms with Gasteiger partial charge in [-0.2, -0.15) is 0 Å². The van der Waals surface area contributed by atoms with Gasteiger partial charge < -0.3 is 20.7 Å². The Labute approximate surface area is 191 Å². The number of nitrogens with two attached hydrogens (primary N) is 1. The van der Waals surface area contributed by atoms with Crippen LogP contribution < -0.4 is 16.1 Å². The standard InChI is InChI=1S/C21H29N4O7P/c1-13(19(29)23-16(18(22)28)9-10-17(26)27)24-33(2,32)12-6-5-11-25-20(30)14-7-3-4-8-15(14)21(25)31/h3-4,7-8,13,16H,5-6,9-12H2,1-2H3,(H2,22,28)(H,23,29)(H,24,32)(H,26,27)/t13-,16+,33?/m0/s1. The fourth-order valence-electron chi connectivity index (χ4n) is 3.51. The van der Waals surface area contributed by atoms with Crippen LogP contribution in [0.25, 0.3) is 0 Å². The van der Waals surface area contributed by atoms with E-state index in [0.717, 1.165) is 0 Å². The summed E-state index contributed by atoms with van der Waals surface area (Å²) in [5.41, 5.74) is 5.96. The highest BCUT2D eigenvalue weighted by molar-refractivity contribution is 7.61. The molecule has 11 nitrogen and oxygen atoms in total. The van der Waals surface area contributed by atoms with Gasteiger partial charge in [0.05, 0.1) is 17.2 Å². The molecule has 1 aromatic rings. The number of fused-ring (bicyclic) bond motifs is 1. The topological polar surface area (TPSA) is 176 Å². The molecule has 0 aromatic heterocycles. The van der Waals surface area contributed by atoms with Crippen molar-refractivity contribution in [1.82, 2.24) is 15.3 Å². The molecule has 1 aliphatic rings. The minimum Gasteiger partial charge on any atom is -0.481 e. The van der Waals surface area contributed by atoms with E-state index >= 15 is 0 Å². The summed E-state index contributed by atoms with van der Waals surface area (Å²) in [4.78, 5) is 60.4. The summed E-state index contributed by atoms with van der Waals surface area (Å²) in [6.45, 7) is 3.15. The monoisotopic (exact) mass is 480 g/mol. The molecule has 33 heavy (non-hydrogen) atoms. The van der Waals surface area contributed by atoms with E-state index in [0.29, 0.717) is 24.0 Å². The highest BCUT2D eigenvalue weighted by Crippen LogP contribution is 2.38. The van der Waals surface area contributed by atoms with Crippen LogP contribution >= 0.6 is 7.29 Å². The lowest BCUT2D eigenvalue weighted by Crippen LogP contribution is -2.50. The molecule has 1 aromatic carbocycles. The minimum absolute atomic E-state index is 0.148. The van der Waals surface area contributed by atoms with E-state index < -0.39 is 37.2 Å². The van der Waals surface area contributed by atoms with Crippen LogP contribution in [0, 0.1) is 0 Å². The minimum atomic E-state index is -2.96.